The zero-order chi connectivity index (χ0) is 18.9. The Balaban J connectivity index is 1.81. The molecule has 0 amide bonds. The zero-order valence-electron chi connectivity index (χ0n) is 12.8. The van der Waals surface area contributed by atoms with E-state index in [1.807, 2.05) is 0 Å². The van der Waals surface area contributed by atoms with E-state index in [0.717, 1.165) is 6.07 Å². The molecular weight excluding hydrogens is 426 g/mol. The molecule has 136 valence electrons. The highest BCUT2D eigenvalue weighted by Gasteiger charge is 2.21. The van der Waals surface area contributed by atoms with Gasteiger partial charge < -0.3 is 0 Å². The molecule has 0 aliphatic heterocycles. The van der Waals surface area contributed by atoms with Gasteiger partial charge in [0.1, 0.15) is 17.0 Å². The average molecular weight is 436 g/mol. The lowest BCUT2D eigenvalue weighted by Crippen LogP contribution is -2.15. The third kappa shape index (κ3) is 4.27. The fourth-order valence-electron chi connectivity index (χ4n) is 2.13. The molecule has 11 heteroatoms. The van der Waals surface area contributed by atoms with Crippen LogP contribution >= 0.6 is 34.8 Å². The number of rotatable bonds is 5. The molecule has 0 atom stereocenters. The highest BCUT2D eigenvalue weighted by molar-refractivity contribution is 7.92. The maximum Gasteiger partial charge on any atom is 0.265 e. The number of nitrogens with one attached hydrogen (secondary N) is 1. The Labute approximate surface area is 163 Å². The van der Waals surface area contributed by atoms with Gasteiger partial charge in [-0.15, -0.1) is 5.10 Å². The smallest absolute Gasteiger partial charge is 0.246 e. The van der Waals surface area contributed by atoms with Gasteiger partial charge >= 0.3 is 0 Å². The lowest BCUT2D eigenvalue weighted by molar-refractivity contribution is 0.600. The number of hydrogen-bond acceptors (Lipinski definition) is 4. The fraction of sp³-hybridized carbons (Fsp3) is 0.0667. The maximum absolute atomic E-state index is 13.2. The third-order valence-corrected chi connectivity index (χ3v) is 5.78. The number of anilines is 1. The quantitative estimate of drug-likeness (QED) is 0.609. The van der Waals surface area contributed by atoms with E-state index in [2.05, 4.69) is 14.8 Å². The molecule has 3 rings (SSSR count). The molecule has 1 heterocycles. The fourth-order valence-corrected chi connectivity index (χ4v) is 4.07. The molecule has 0 fully saturated rings. The molecule has 1 N–H and O–H groups in total. The van der Waals surface area contributed by atoms with Crippen LogP contribution < -0.4 is 4.72 Å². The Morgan fingerprint density at radius 2 is 1.81 bits per heavy atom. The number of halogens is 4. The van der Waals surface area contributed by atoms with Crippen LogP contribution in [0.1, 0.15) is 5.56 Å². The molecule has 0 saturated carbocycles. The first-order valence-corrected chi connectivity index (χ1v) is 9.67. The van der Waals surface area contributed by atoms with E-state index in [-0.39, 0.29) is 38.3 Å². The van der Waals surface area contributed by atoms with Gasteiger partial charge in [-0.25, -0.2) is 22.2 Å². The van der Waals surface area contributed by atoms with E-state index in [1.54, 1.807) is 12.1 Å². The van der Waals surface area contributed by atoms with Gasteiger partial charge in [-0.1, -0.05) is 46.9 Å². The van der Waals surface area contributed by atoms with Crippen LogP contribution in [0.2, 0.25) is 15.1 Å². The van der Waals surface area contributed by atoms with E-state index in [0.29, 0.717) is 5.56 Å². The molecule has 3 aromatic rings. The molecule has 26 heavy (non-hydrogen) atoms. The van der Waals surface area contributed by atoms with Crippen molar-refractivity contribution in [2.45, 2.75) is 11.4 Å². The molecule has 2 aromatic carbocycles. The van der Waals surface area contributed by atoms with Gasteiger partial charge in [0.2, 0.25) is 0 Å². The highest BCUT2D eigenvalue weighted by Crippen LogP contribution is 2.32. The second kappa shape index (κ2) is 7.40. The van der Waals surface area contributed by atoms with Crippen molar-refractivity contribution in [2.75, 3.05) is 4.72 Å². The number of hydrogen-bond donors (Lipinski definition) is 1. The summed E-state index contributed by atoms with van der Waals surface area (Å²) in [6.07, 6.45) is 1.32. The van der Waals surface area contributed by atoms with Gasteiger partial charge in [-0.2, -0.15) is 4.98 Å². The lowest BCUT2D eigenvalue weighted by atomic mass is 10.2. The van der Waals surface area contributed by atoms with Crippen molar-refractivity contribution in [1.82, 2.24) is 14.8 Å². The summed E-state index contributed by atoms with van der Waals surface area (Å²) in [6.45, 7) is 0.222. The van der Waals surface area contributed by atoms with Crippen molar-refractivity contribution >= 4 is 50.8 Å². The Hall–Kier alpha value is -1.87. The maximum atomic E-state index is 13.2. The number of benzene rings is 2. The summed E-state index contributed by atoms with van der Waals surface area (Å²) in [5.74, 6) is -0.540. The molecule has 0 spiro atoms. The standard InChI is InChI=1S/C15H10Cl3FN4O2S/c16-11-5-13(18)14(6-12(11)17)26(24,25)22-15-20-8-23(21-15)7-9-2-1-3-10(19)4-9/h1-6,8H,7H2,(H,21,22). The first-order valence-electron chi connectivity index (χ1n) is 7.06. The van der Waals surface area contributed by atoms with Crippen molar-refractivity contribution in [1.29, 1.82) is 0 Å². The SMILES string of the molecule is O=S(=O)(Nc1ncn(Cc2cccc(F)c2)n1)c1cc(Cl)c(Cl)cc1Cl. The van der Waals surface area contributed by atoms with Crippen LogP contribution in [0.4, 0.5) is 10.3 Å². The summed E-state index contributed by atoms with van der Waals surface area (Å²) in [6, 6.07) is 8.32. The lowest BCUT2D eigenvalue weighted by Gasteiger charge is -2.08. The van der Waals surface area contributed by atoms with Crippen molar-refractivity contribution in [3.63, 3.8) is 0 Å². The molecule has 0 unspecified atom stereocenters. The van der Waals surface area contributed by atoms with Crippen LogP contribution in [0.15, 0.2) is 47.6 Å². The van der Waals surface area contributed by atoms with Gasteiger partial charge in [-0.3, -0.25) is 0 Å². The minimum Gasteiger partial charge on any atom is -0.246 e. The number of aromatic nitrogens is 3. The molecule has 1 aromatic heterocycles. The van der Waals surface area contributed by atoms with Gasteiger partial charge in [-0.05, 0) is 29.8 Å². The van der Waals surface area contributed by atoms with E-state index >= 15 is 0 Å². The first-order chi connectivity index (χ1) is 12.2. The normalized spacial score (nSPS) is 11.5. The van der Waals surface area contributed by atoms with Crippen LogP contribution in [-0.4, -0.2) is 23.2 Å². The van der Waals surface area contributed by atoms with Crippen molar-refractivity contribution in [3.8, 4) is 0 Å². The van der Waals surface area contributed by atoms with Crippen LogP contribution in [-0.2, 0) is 16.6 Å². The second-order valence-corrected chi connectivity index (χ2v) is 8.07. The Morgan fingerprint density at radius 3 is 2.54 bits per heavy atom. The summed E-state index contributed by atoms with van der Waals surface area (Å²) in [7, 11) is -4.07. The Kier molecular flexibility index (Phi) is 5.38. The average Bonchev–Trinajstić information content (AvgIpc) is 2.97. The zero-order valence-corrected chi connectivity index (χ0v) is 15.9. The van der Waals surface area contributed by atoms with Crippen LogP contribution in [0.25, 0.3) is 0 Å². The molecule has 0 aliphatic carbocycles. The van der Waals surface area contributed by atoms with Crippen molar-refractivity contribution < 1.29 is 12.8 Å². The van der Waals surface area contributed by atoms with E-state index in [1.165, 1.54) is 29.2 Å². The summed E-state index contributed by atoms with van der Waals surface area (Å²) in [5.41, 5.74) is 0.650. The Morgan fingerprint density at radius 1 is 1.08 bits per heavy atom. The monoisotopic (exact) mass is 434 g/mol. The molecule has 6 nitrogen and oxygen atoms in total. The molecular formula is C15H10Cl3FN4O2S. The minimum atomic E-state index is -4.07. The van der Waals surface area contributed by atoms with Crippen molar-refractivity contribution in [2.24, 2.45) is 0 Å². The van der Waals surface area contributed by atoms with E-state index in [9.17, 15) is 12.8 Å². The van der Waals surface area contributed by atoms with Crippen LogP contribution in [0.3, 0.4) is 0 Å². The van der Waals surface area contributed by atoms with Gasteiger partial charge in [0, 0.05) is 0 Å². The second-order valence-electron chi connectivity index (χ2n) is 5.20. The summed E-state index contributed by atoms with van der Waals surface area (Å²) in [4.78, 5) is 3.63. The molecule has 0 saturated heterocycles. The predicted octanol–water partition coefficient (Wildman–Crippen LogP) is 4.23. The summed E-state index contributed by atoms with van der Waals surface area (Å²) in [5, 5.41) is 4.09. The molecule has 0 radical (unpaired) electrons. The number of nitrogens with zero attached hydrogens (tertiary/aromatic N) is 3. The topological polar surface area (TPSA) is 76.9 Å². The largest absolute Gasteiger partial charge is 0.265 e. The van der Waals surface area contributed by atoms with Crippen LogP contribution in [0.5, 0.6) is 0 Å². The molecule has 0 bridgehead atoms. The van der Waals surface area contributed by atoms with Gasteiger partial charge in [0.15, 0.2) is 0 Å². The summed E-state index contributed by atoms with van der Waals surface area (Å²) < 4.78 is 41.7. The predicted molar refractivity (Wildman–Crippen MR) is 97.8 cm³/mol. The Bertz CT molecular complexity index is 1070. The van der Waals surface area contributed by atoms with Crippen LogP contribution in [0, 0.1) is 5.82 Å². The first kappa shape index (κ1) is 18.9. The highest BCUT2D eigenvalue weighted by atomic mass is 35.5. The van der Waals surface area contributed by atoms with Gasteiger partial charge in [0.05, 0.1) is 21.6 Å². The van der Waals surface area contributed by atoms with Crippen molar-refractivity contribution in [3.05, 3.63) is 69.2 Å². The molecule has 0 aliphatic rings. The third-order valence-electron chi connectivity index (χ3n) is 3.26. The summed E-state index contributed by atoms with van der Waals surface area (Å²) >= 11 is 17.6. The van der Waals surface area contributed by atoms with E-state index < -0.39 is 10.0 Å². The minimum absolute atomic E-state index is 0.0426. The van der Waals surface area contributed by atoms with E-state index in [4.69, 9.17) is 34.8 Å². The number of sulfonamides is 1. The van der Waals surface area contributed by atoms with Gasteiger partial charge in [0.25, 0.3) is 16.0 Å².